The first-order valence-electron chi connectivity index (χ1n) is 9.29. The van der Waals surface area contributed by atoms with Gasteiger partial charge in [0.15, 0.2) is 0 Å². The van der Waals surface area contributed by atoms with Crippen molar-refractivity contribution in [2.75, 3.05) is 13.1 Å². The second-order valence-corrected chi connectivity index (χ2v) is 6.89. The number of carbonyl (C=O) groups excluding carboxylic acids is 2. The molecule has 2 amide bonds. The van der Waals surface area contributed by atoms with Gasteiger partial charge in [-0.2, -0.15) is 5.26 Å². The van der Waals surface area contributed by atoms with Crippen LogP contribution in [-0.2, 0) is 4.79 Å². The number of rotatable bonds is 8. The maximum Gasteiger partial charge on any atom is 0.251 e. The summed E-state index contributed by atoms with van der Waals surface area (Å²) in [6.45, 7) is 4.94. The van der Waals surface area contributed by atoms with Crippen molar-refractivity contribution >= 4 is 23.4 Å². The Morgan fingerprint density at radius 3 is 2.36 bits per heavy atom. The van der Waals surface area contributed by atoms with E-state index >= 15 is 0 Å². The largest absolute Gasteiger partial charge is 0.352 e. The maximum atomic E-state index is 12.6. The third-order valence-corrected chi connectivity index (χ3v) is 4.86. The van der Waals surface area contributed by atoms with Gasteiger partial charge in [0.2, 0.25) is 5.91 Å². The molecule has 6 heteroatoms. The lowest BCUT2D eigenvalue weighted by Crippen LogP contribution is -2.34. The predicted octanol–water partition coefficient (Wildman–Crippen LogP) is 4.33. The van der Waals surface area contributed by atoms with Gasteiger partial charge in [-0.1, -0.05) is 23.7 Å². The van der Waals surface area contributed by atoms with E-state index in [1.54, 1.807) is 36.4 Å². The first-order chi connectivity index (χ1) is 13.5. The highest BCUT2D eigenvalue weighted by atomic mass is 35.5. The quantitative estimate of drug-likeness (QED) is 0.673. The van der Waals surface area contributed by atoms with Crippen LogP contribution in [0.5, 0.6) is 0 Å². The van der Waals surface area contributed by atoms with Crippen LogP contribution in [0.25, 0.3) is 0 Å². The number of nitrogens with zero attached hydrogens (tertiary/aromatic N) is 2. The molecular formula is C22H24ClN3O2. The smallest absolute Gasteiger partial charge is 0.251 e. The molecule has 0 saturated carbocycles. The summed E-state index contributed by atoms with van der Waals surface area (Å²) >= 11 is 5.82. The third kappa shape index (κ3) is 5.83. The van der Waals surface area contributed by atoms with Crippen molar-refractivity contribution in [2.45, 2.75) is 32.7 Å². The lowest BCUT2D eigenvalue weighted by molar-refractivity contribution is -0.133. The molecule has 146 valence electrons. The highest BCUT2D eigenvalue weighted by Crippen LogP contribution is 2.21. The van der Waals surface area contributed by atoms with Crippen molar-refractivity contribution in [1.29, 1.82) is 5.26 Å². The minimum atomic E-state index is -0.178. The molecule has 0 fully saturated rings. The molecule has 2 aromatic carbocycles. The molecule has 1 atom stereocenters. The maximum absolute atomic E-state index is 12.6. The normalized spacial score (nSPS) is 11.4. The van der Waals surface area contributed by atoms with Crippen molar-refractivity contribution in [3.05, 3.63) is 70.2 Å². The zero-order valence-electron chi connectivity index (χ0n) is 16.1. The Balaban J connectivity index is 1.83. The van der Waals surface area contributed by atoms with Gasteiger partial charge in [-0.3, -0.25) is 9.59 Å². The predicted molar refractivity (Wildman–Crippen MR) is 110 cm³/mol. The second kappa shape index (κ2) is 10.5. The Morgan fingerprint density at radius 1 is 1.14 bits per heavy atom. The number of benzene rings is 2. The van der Waals surface area contributed by atoms with Crippen LogP contribution in [0.2, 0.25) is 5.02 Å². The average molecular weight is 398 g/mol. The van der Waals surface area contributed by atoms with E-state index in [9.17, 15) is 9.59 Å². The number of nitrogens with one attached hydrogen (secondary N) is 1. The number of nitriles is 1. The van der Waals surface area contributed by atoms with Crippen LogP contribution in [0.3, 0.4) is 0 Å². The molecule has 0 radical (unpaired) electrons. The van der Waals surface area contributed by atoms with Crippen molar-refractivity contribution in [3.63, 3.8) is 0 Å². The summed E-state index contributed by atoms with van der Waals surface area (Å²) in [5.41, 5.74) is 2.13. The van der Waals surface area contributed by atoms with Crippen LogP contribution in [0.1, 0.15) is 54.2 Å². The molecule has 28 heavy (non-hydrogen) atoms. The third-order valence-electron chi connectivity index (χ3n) is 4.61. The number of hydrogen-bond acceptors (Lipinski definition) is 3. The van der Waals surface area contributed by atoms with E-state index in [-0.39, 0.29) is 17.9 Å². The summed E-state index contributed by atoms with van der Waals surface area (Å²) < 4.78 is 0. The Hall–Kier alpha value is -2.84. The van der Waals surface area contributed by atoms with Crippen LogP contribution in [0, 0.1) is 11.3 Å². The molecule has 1 N–H and O–H groups in total. The van der Waals surface area contributed by atoms with Gasteiger partial charge in [0.1, 0.15) is 0 Å². The Labute approximate surface area is 170 Å². The van der Waals surface area contributed by atoms with E-state index in [1.807, 2.05) is 30.9 Å². The monoisotopic (exact) mass is 397 g/mol. The Kier molecular flexibility index (Phi) is 8.03. The molecule has 0 aliphatic heterocycles. The molecular weight excluding hydrogens is 374 g/mol. The van der Waals surface area contributed by atoms with Gasteiger partial charge in [-0.15, -0.1) is 0 Å². The molecule has 0 heterocycles. The summed E-state index contributed by atoms with van der Waals surface area (Å²) in [5, 5.41) is 12.3. The topological polar surface area (TPSA) is 73.2 Å². The van der Waals surface area contributed by atoms with E-state index in [0.29, 0.717) is 42.1 Å². The van der Waals surface area contributed by atoms with E-state index in [4.69, 9.17) is 16.9 Å². The minimum absolute atomic E-state index is 0.0418. The SMILES string of the molecule is CCN(C(=O)CCCNC(=O)c1ccc(Cl)cc1)C(C)c1ccc(C#N)cc1. The van der Waals surface area contributed by atoms with E-state index < -0.39 is 0 Å². The molecule has 0 spiro atoms. The van der Waals surface area contributed by atoms with Crippen LogP contribution in [-0.4, -0.2) is 29.8 Å². The molecule has 1 unspecified atom stereocenters. The fourth-order valence-electron chi connectivity index (χ4n) is 2.97. The van der Waals surface area contributed by atoms with Gasteiger partial charge in [-0.05, 0) is 62.2 Å². The Morgan fingerprint density at radius 2 is 1.79 bits per heavy atom. The van der Waals surface area contributed by atoms with Crippen LogP contribution in [0.15, 0.2) is 48.5 Å². The molecule has 0 aromatic heterocycles. The van der Waals surface area contributed by atoms with Gasteiger partial charge in [0, 0.05) is 30.1 Å². The van der Waals surface area contributed by atoms with Crippen LogP contribution >= 0.6 is 11.6 Å². The number of halogens is 1. The van der Waals surface area contributed by atoms with E-state index in [0.717, 1.165) is 5.56 Å². The van der Waals surface area contributed by atoms with Crippen molar-refractivity contribution in [2.24, 2.45) is 0 Å². The van der Waals surface area contributed by atoms with Crippen LogP contribution < -0.4 is 5.32 Å². The molecule has 0 aliphatic rings. The van der Waals surface area contributed by atoms with Gasteiger partial charge in [0.05, 0.1) is 17.7 Å². The summed E-state index contributed by atoms with van der Waals surface area (Å²) in [4.78, 5) is 26.5. The zero-order valence-corrected chi connectivity index (χ0v) is 16.9. The molecule has 2 aromatic rings. The number of carbonyl (C=O) groups is 2. The zero-order chi connectivity index (χ0) is 20.5. The fraction of sp³-hybridized carbons (Fsp3) is 0.318. The minimum Gasteiger partial charge on any atom is -0.352 e. The summed E-state index contributed by atoms with van der Waals surface area (Å²) in [6.07, 6.45) is 0.921. The first kappa shape index (κ1) is 21.5. The van der Waals surface area contributed by atoms with Gasteiger partial charge in [0.25, 0.3) is 5.91 Å². The lowest BCUT2D eigenvalue weighted by Gasteiger charge is -2.28. The molecule has 0 saturated heterocycles. The second-order valence-electron chi connectivity index (χ2n) is 6.46. The van der Waals surface area contributed by atoms with Crippen molar-refractivity contribution in [3.8, 4) is 6.07 Å². The van der Waals surface area contributed by atoms with Gasteiger partial charge < -0.3 is 10.2 Å². The van der Waals surface area contributed by atoms with Crippen molar-refractivity contribution in [1.82, 2.24) is 10.2 Å². The number of hydrogen-bond donors (Lipinski definition) is 1. The van der Waals surface area contributed by atoms with Crippen LogP contribution in [0.4, 0.5) is 0 Å². The molecule has 0 aliphatic carbocycles. The standard InChI is InChI=1S/C22H24ClN3O2/c1-3-26(16(2)18-8-6-17(15-24)7-9-18)21(27)5-4-14-25-22(28)19-10-12-20(23)13-11-19/h6-13,16H,3-5,14H2,1-2H3,(H,25,28). The van der Waals surface area contributed by atoms with E-state index in [1.165, 1.54) is 0 Å². The van der Waals surface area contributed by atoms with Gasteiger partial charge >= 0.3 is 0 Å². The summed E-state index contributed by atoms with van der Waals surface area (Å²) in [6, 6.07) is 16.0. The van der Waals surface area contributed by atoms with Gasteiger partial charge in [-0.25, -0.2) is 0 Å². The first-order valence-corrected chi connectivity index (χ1v) is 9.67. The molecule has 0 bridgehead atoms. The Bertz CT molecular complexity index is 842. The lowest BCUT2D eigenvalue weighted by atomic mass is 10.0. The molecule has 2 rings (SSSR count). The highest BCUT2D eigenvalue weighted by Gasteiger charge is 2.19. The summed E-state index contributed by atoms with van der Waals surface area (Å²) in [5.74, 6) is -0.137. The fourth-order valence-corrected chi connectivity index (χ4v) is 3.10. The summed E-state index contributed by atoms with van der Waals surface area (Å²) in [7, 11) is 0. The molecule has 5 nitrogen and oxygen atoms in total. The van der Waals surface area contributed by atoms with E-state index in [2.05, 4.69) is 11.4 Å². The highest BCUT2D eigenvalue weighted by molar-refractivity contribution is 6.30. The number of amides is 2. The van der Waals surface area contributed by atoms with Crippen molar-refractivity contribution < 1.29 is 9.59 Å². The average Bonchev–Trinajstić information content (AvgIpc) is 2.72.